The van der Waals surface area contributed by atoms with E-state index in [9.17, 15) is 9.90 Å². The number of hydrogen-bond donors (Lipinski definition) is 1. The normalized spacial score (nSPS) is 25.5. The molecule has 0 bridgehead atoms. The van der Waals surface area contributed by atoms with Gasteiger partial charge in [0.15, 0.2) is 5.60 Å². The van der Waals surface area contributed by atoms with Gasteiger partial charge in [0, 0.05) is 44.0 Å². The molecule has 0 amide bonds. The van der Waals surface area contributed by atoms with E-state index in [1.807, 2.05) is 36.4 Å². The minimum atomic E-state index is -1.56. The van der Waals surface area contributed by atoms with Crippen LogP contribution in [-0.4, -0.2) is 58.3 Å². The molecule has 1 aliphatic heterocycles. The van der Waals surface area contributed by atoms with E-state index in [2.05, 4.69) is 17.0 Å². The van der Waals surface area contributed by atoms with Crippen molar-refractivity contribution in [2.75, 3.05) is 26.7 Å². The number of esters is 1. The molecule has 6 nitrogen and oxygen atoms in total. The van der Waals surface area contributed by atoms with Crippen molar-refractivity contribution in [3.05, 3.63) is 60.2 Å². The largest absolute Gasteiger partial charge is 0.457 e. The highest BCUT2D eigenvalue weighted by Gasteiger charge is 2.48. The zero-order valence-electron chi connectivity index (χ0n) is 19.9. The maximum absolute atomic E-state index is 13.4. The standard InChI is InChI=1S/C27H38N3O3/c1-30(20-9-16-25-28-17-10-18-29-25)19-8-15-24(30)21-33-26(31)27(32,22-11-4-2-5-12-22)23-13-6-3-7-14-23/h2,4-5,10-12,17-18,23-24,32H,3,6-9,13-16,19-21H2,1H3/q+1/t24?,27?,30-/m1/s1. The molecule has 2 aromatic rings. The fraction of sp³-hybridized carbons (Fsp3) is 0.593. The highest BCUT2D eigenvalue weighted by atomic mass is 16.6. The van der Waals surface area contributed by atoms with Crippen LogP contribution >= 0.6 is 0 Å². The van der Waals surface area contributed by atoms with Crippen molar-refractivity contribution < 1.29 is 19.1 Å². The van der Waals surface area contributed by atoms with Gasteiger partial charge in [-0.3, -0.25) is 0 Å². The second kappa shape index (κ2) is 10.7. The Hall–Kier alpha value is -2.31. The molecule has 6 heteroatoms. The highest BCUT2D eigenvalue weighted by molar-refractivity contribution is 5.81. The summed E-state index contributed by atoms with van der Waals surface area (Å²) in [5, 5.41) is 11.8. The lowest BCUT2D eigenvalue weighted by Crippen LogP contribution is -2.52. The summed E-state index contributed by atoms with van der Waals surface area (Å²) in [5.74, 6) is 0.319. The van der Waals surface area contributed by atoms with E-state index in [1.165, 1.54) is 6.42 Å². The zero-order valence-corrected chi connectivity index (χ0v) is 19.9. The maximum Gasteiger partial charge on any atom is 0.343 e. The van der Waals surface area contributed by atoms with Gasteiger partial charge in [0.25, 0.3) is 0 Å². The Balaban J connectivity index is 1.39. The summed E-state index contributed by atoms with van der Waals surface area (Å²) >= 11 is 0. The summed E-state index contributed by atoms with van der Waals surface area (Å²) in [6.07, 6.45) is 12.6. The van der Waals surface area contributed by atoms with Gasteiger partial charge in [-0.15, -0.1) is 0 Å². The Morgan fingerprint density at radius 2 is 1.79 bits per heavy atom. The second-order valence-corrected chi connectivity index (χ2v) is 10.1. The van der Waals surface area contributed by atoms with E-state index in [0.717, 1.165) is 74.8 Å². The number of carbonyl (C=O) groups is 1. The number of aromatic nitrogens is 2. The molecular weight excluding hydrogens is 414 g/mol. The maximum atomic E-state index is 13.4. The average molecular weight is 453 g/mol. The van der Waals surface area contributed by atoms with Gasteiger partial charge < -0.3 is 14.3 Å². The Labute approximate surface area is 197 Å². The molecule has 178 valence electrons. The lowest BCUT2D eigenvalue weighted by Gasteiger charge is -2.39. The van der Waals surface area contributed by atoms with Gasteiger partial charge in [0.2, 0.25) is 0 Å². The van der Waals surface area contributed by atoms with Crippen LogP contribution in [0.3, 0.4) is 0 Å². The van der Waals surface area contributed by atoms with Crippen LogP contribution in [0.1, 0.15) is 62.8 Å². The molecule has 1 N–H and O–H groups in total. The van der Waals surface area contributed by atoms with Gasteiger partial charge in [-0.2, -0.15) is 0 Å². The molecule has 1 aliphatic carbocycles. The van der Waals surface area contributed by atoms with Gasteiger partial charge in [-0.25, -0.2) is 14.8 Å². The number of ether oxygens (including phenoxy) is 1. The van der Waals surface area contributed by atoms with Crippen LogP contribution in [0.5, 0.6) is 0 Å². The van der Waals surface area contributed by atoms with E-state index in [0.29, 0.717) is 12.2 Å². The number of rotatable bonds is 9. The van der Waals surface area contributed by atoms with E-state index in [1.54, 1.807) is 12.4 Å². The van der Waals surface area contributed by atoms with Gasteiger partial charge in [0.05, 0.1) is 20.1 Å². The van der Waals surface area contributed by atoms with Crippen molar-refractivity contribution in [3.8, 4) is 0 Å². The fourth-order valence-electron chi connectivity index (χ4n) is 5.81. The summed E-state index contributed by atoms with van der Waals surface area (Å²) in [5.41, 5.74) is -0.901. The molecule has 3 atom stereocenters. The van der Waals surface area contributed by atoms with E-state index in [-0.39, 0.29) is 12.0 Å². The Morgan fingerprint density at radius 1 is 1.06 bits per heavy atom. The molecule has 2 aliphatic rings. The predicted molar refractivity (Wildman–Crippen MR) is 127 cm³/mol. The smallest absolute Gasteiger partial charge is 0.343 e. The number of quaternary nitrogens is 1. The van der Waals surface area contributed by atoms with Gasteiger partial charge in [0.1, 0.15) is 18.5 Å². The van der Waals surface area contributed by atoms with Crippen molar-refractivity contribution in [3.63, 3.8) is 0 Å². The predicted octanol–water partition coefficient (Wildman–Crippen LogP) is 4.03. The first-order valence-corrected chi connectivity index (χ1v) is 12.6. The van der Waals surface area contributed by atoms with Crippen molar-refractivity contribution in [2.45, 2.75) is 69.4 Å². The molecule has 0 spiro atoms. The Bertz CT molecular complexity index is 888. The molecule has 33 heavy (non-hydrogen) atoms. The molecule has 1 saturated heterocycles. The third-order valence-electron chi connectivity index (χ3n) is 7.90. The van der Waals surface area contributed by atoms with Crippen LogP contribution in [0.15, 0.2) is 48.8 Å². The third-order valence-corrected chi connectivity index (χ3v) is 7.90. The lowest BCUT2D eigenvalue weighted by molar-refractivity contribution is -0.921. The minimum Gasteiger partial charge on any atom is -0.457 e. The molecule has 4 rings (SSSR count). The molecule has 2 unspecified atom stereocenters. The van der Waals surface area contributed by atoms with Crippen molar-refractivity contribution in [1.29, 1.82) is 0 Å². The monoisotopic (exact) mass is 452 g/mol. The number of carbonyl (C=O) groups excluding carboxylic acids is 1. The SMILES string of the molecule is C[N@+]1(CCCc2ncccn2)CCCC1COC(=O)C(O)(c1ccccc1)C1CCCCC1. The van der Waals surface area contributed by atoms with E-state index < -0.39 is 11.6 Å². The summed E-state index contributed by atoms with van der Waals surface area (Å²) in [7, 11) is 2.27. The second-order valence-electron chi connectivity index (χ2n) is 10.1. The lowest BCUT2D eigenvalue weighted by atomic mass is 9.73. The molecule has 0 radical (unpaired) electrons. The quantitative estimate of drug-likeness (QED) is 0.459. The molecule has 1 saturated carbocycles. The first kappa shape index (κ1) is 23.8. The number of hydrogen-bond acceptors (Lipinski definition) is 5. The number of aliphatic hydroxyl groups is 1. The molecule has 1 aromatic heterocycles. The summed E-state index contributed by atoms with van der Waals surface area (Å²) in [6.45, 7) is 2.45. The van der Waals surface area contributed by atoms with Crippen LogP contribution < -0.4 is 0 Å². The highest BCUT2D eigenvalue weighted by Crippen LogP contribution is 2.40. The van der Waals surface area contributed by atoms with Crippen LogP contribution in [0.4, 0.5) is 0 Å². The van der Waals surface area contributed by atoms with Crippen LogP contribution in [0.2, 0.25) is 0 Å². The molecular formula is C27H38N3O3+. The summed E-state index contributed by atoms with van der Waals surface area (Å²) < 4.78 is 6.83. The number of likely N-dealkylation sites (tertiary alicyclic amines) is 1. The summed E-state index contributed by atoms with van der Waals surface area (Å²) in [4.78, 5) is 22.1. The van der Waals surface area contributed by atoms with Gasteiger partial charge in [-0.1, -0.05) is 49.6 Å². The van der Waals surface area contributed by atoms with Crippen molar-refractivity contribution in [1.82, 2.24) is 9.97 Å². The van der Waals surface area contributed by atoms with Gasteiger partial charge >= 0.3 is 5.97 Å². The number of benzene rings is 1. The Morgan fingerprint density at radius 3 is 2.52 bits per heavy atom. The van der Waals surface area contributed by atoms with Crippen LogP contribution in [0.25, 0.3) is 0 Å². The average Bonchev–Trinajstić information content (AvgIpc) is 3.23. The van der Waals surface area contributed by atoms with Crippen LogP contribution in [0, 0.1) is 5.92 Å². The third kappa shape index (κ3) is 5.44. The topological polar surface area (TPSA) is 72.3 Å². The fourth-order valence-corrected chi connectivity index (χ4v) is 5.81. The summed E-state index contributed by atoms with van der Waals surface area (Å²) in [6, 6.07) is 11.5. The van der Waals surface area contributed by atoms with Crippen molar-refractivity contribution >= 4 is 5.97 Å². The Kier molecular flexibility index (Phi) is 7.76. The molecule has 2 heterocycles. The molecule has 2 fully saturated rings. The first-order chi connectivity index (χ1) is 16.0. The van der Waals surface area contributed by atoms with Crippen molar-refractivity contribution in [2.24, 2.45) is 5.92 Å². The van der Waals surface area contributed by atoms with E-state index in [4.69, 9.17) is 4.74 Å². The zero-order chi connectivity index (χ0) is 23.2. The molecule has 1 aromatic carbocycles. The number of likely N-dealkylation sites (N-methyl/N-ethyl adjacent to an activating group) is 1. The van der Waals surface area contributed by atoms with Gasteiger partial charge in [-0.05, 0) is 24.5 Å². The first-order valence-electron chi connectivity index (χ1n) is 12.6. The number of nitrogens with zero attached hydrogens (tertiary/aromatic N) is 3. The van der Waals surface area contributed by atoms with E-state index >= 15 is 0 Å². The van der Waals surface area contributed by atoms with Crippen LogP contribution in [-0.2, 0) is 21.6 Å². The minimum absolute atomic E-state index is 0.0866. The number of aryl methyl sites for hydroxylation is 1.